The Bertz CT molecular complexity index is 3340. The minimum atomic E-state index is -0.139. The number of fused-ring (bicyclic) bond motifs is 2. The minimum absolute atomic E-state index is 0.139. The number of hydrogen-bond donors (Lipinski definition) is 4. The maximum Gasteiger partial charge on any atom is 0.262 e. The number of carbonyl (C=O) groups excluding carboxylic acids is 1. The summed E-state index contributed by atoms with van der Waals surface area (Å²) in [4.78, 5) is 40.7. The van der Waals surface area contributed by atoms with Crippen LogP contribution in [0, 0.1) is 20.8 Å². The van der Waals surface area contributed by atoms with E-state index in [1.165, 1.54) is 10.9 Å². The number of rotatable bonds is 15. The van der Waals surface area contributed by atoms with Gasteiger partial charge in [0.1, 0.15) is 22.9 Å². The average molecular weight is 948 g/mol. The van der Waals surface area contributed by atoms with E-state index in [1.807, 2.05) is 61.5 Å². The number of aryl methyl sites for hydroxylation is 3. The standard InChI is InChI=1S/C59H65N9O3/c1-35(2)60-43-22-24-66(25-23-43)34-46-45-15-11-12-16-47(45)65-58(46)53-32-57(71-9)52(64-53)30-49-42(27-39(7)62-49)33-67(36(3)4)44-20-18-40(19-21-44)59(69)68-54-17-13-10-14-41(54)28-55(68)50-31-56(70-8)51(63-50)29-48-37(5)26-38(6)61-48/h10-21,26-32,35-36,43,60-62,65H,22-25,33-34H2,1-9H3/b51-29-,52-30-. The molecule has 0 saturated carbocycles. The molecule has 10 rings (SSSR count). The molecule has 3 aromatic carbocycles. The Labute approximate surface area is 416 Å². The van der Waals surface area contributed by atoms with Crippen molar-refractivity contribution >= 4 is 57.0 Å². The zero-order chi connectivity index (χ0) is 49.5. The largest absolute Gasteiger partial charge is 0.494 e. The van der Waals surface area contributed by atoms with Gasteiger partial charge >= 0.3 is 0 Å². The first-order valence-electron chi connectivity index (χ1n) is 24.9. The zero-order valence-electron chi connectivity index (χ0n) is 42.4. The Morgan fingerprint density at radius 2 is 1.44 bits per heavy atom. The molecule has 3 aliphatic rings. The number of methoxy groups -OCH3 is 2. The molecule has 0 unspecified atom stereocenters. The second-order valence-corrected chi connectivity index (χ2v) is 19.8. The summed E-state index contributed by atoms with van der Waals surface area (Å²) in [5, 5.41) is 5.92. The second-order valence-electron chi connectivity index (χ2n) is 19.8. The molecule has 1 fully saturated rings. The molecular weight excluding hydrogens is 883 g/mol. The highest BCUT2D eigenvalue weighted by Gasteiger charge is 2.28. The lowest BCUT2D eigenvalue weighted by Crippen LogP contribution is -2.44. The van der Waals surface area contributed by atoms with Crippen LogP contribution in [0.2, 0.25) is 0 Å². The van der Waals surface area contributed by atoms with Gasteiger partial charge in [-0.15, -0.1) is 0 Å². The van der Waals surface area contributed by atoms with Crippen molar-refractivity contribution in [2.24, 2.45) is 9.98 Å². The number of para-hydroxylation sites is 2. The second kappa shape index (κ2) is 19.8. The monoisotopic (exact) mass is 948 g/mol. The van der Waals surface area contributed by atoms with Crippen LogP contribution in [0.1, 0.15) is 102 Å². The number of aliphatic imine (C=N–C) groups is 2. The topological polar surface area (TPSA) is 131 Å². The molecule has 12 nitrogen and oxygen atoms in total. The van der Waals surface area contributed by atoms with Crippen molar-refractivity contribution in [1.82, 2.24) is 29.7 Å². The smallest absolute Gasteiger partial charge is 0.262 e. The van der Waals surface area contributed by atoms with Crippen LogP contribution in [0.4, 0.5) is 5.69 Å². The third-order valence-corrected chi connectivity index (χ3v) is 14.0. The van der Waals surface area contributed by atoms with Gasteiger partial charge in [-0.05, 0) is 138 Å². The summed E-state index contributed by atoms with van der Waals surface area (Å²) < 4.78 is 13.6. The molecule has 0 radical (unpaired) electrons. The molecule has 7 aromatic rings. The molecule has 71 heavy (non-hydrogen) atoms. The first kappa shape index (κ1) is 47.3. The van der Waals surface area contributed by atoms with Crippen molar-refractivity contribution in [3.63, 3.8) is 0 Å². The number of allylic oxidation sites excluding steroid dienone is 2. The molecule has 0 bridgehead atoms. The Hall–Kier alpha value is -7.41. The quantitative estimate of drug-likeness (QED) is 0.0810. The van der Waals surface area contributed by atoms with Crippen molar-refractivity contribution in [3.05, 3.63) is 182 Å². The molecule has 0 atom stereocenters. The Kier molecular flexibility index (Phi) is 13.2. The van der Waals surface area contributed by atoms with E-state index in [4.69, 9.17) is 19.5 Å². The lowest BCUT2D eigenvalue weighted by Gasteiger charge is -2.33. The van der Waals surface area contributed by atoms with Crippen molar-refractivity contribution in [3.8, 4) is 0 Å². The Morgan fingerprint density at radius 1 is 0.789 bits per heavy atom. The molecule has 4 N–H and O–H groups in total. The zero-order valence-corrected chi connectivity index (χ0v) is 42.4. The molecule has 0 spiro atoms. The van der Waals surface area contributed by atoms with Crippen LogP contribution in [0.25, 0.3) is 34.0 Å². The molecule has 364 valence electrons. The van der Waals surface area contributed by atoms with E-state index in [0.29, 0.717) is 47.1 Å². The van der Waals surface area contributed by atoms with Gasteiger partial charge in [0.25, 0.3) is 5.91 Å². The van der Waals surface area contributed by atoms with Gasteiger partial charge in [-0.1, -0.05) is 50.2 Å². The minimum Gasteiger partial charge on any atom is -0.494 e. The van der Waals surface area contributed by atoms with Gasteiger partial charge in [-0.25, -0.2) is 9.98 Å². The van der Waals surface area contributed by atoms with E-state index in [9.17, 15) is 4.79 Å². The molecule has 0 amide bonds. The van der Waals surface area contributed by atoms with Gasteiger partial charge in [-0.2, -0.15) is 0 Å². The number of nitrogens with one attached hydrogen (secondary N) is 4. The normalized spacial score (nSPS) is 16.8. The number of hydrogen-bond acceptors (Lipinski definition) is 8. The summed E-state index contributed by atoms with van der Waals surface area (Å²) in [6.45, 7) is 18.6. The molecule has 12 heteroatoms. The molecule has 4 aromatic heterocycles. The summed E-state index contributed by atoms with van der Waals surface area (Å²) in [6.07, 6.45) is 10.4. The molecule has 1 saturated heterocycles. The number of H-pyrrole nitrogens is 3. The van der Waals surface area contributed by atoms with E-state index >= 15 is 0 Å². The summed E-state index contributed by atoms with van der Waals surface area (Å²) in [6, 6.07) is 32.0. The average Bonchev–Trinajstić information content (AvgIpc) is 4.23. The van der Waals surface area contributed by atoms with Crippen LogP contribution in [0.3, 0.4) is 0 Å². The maximum atomic E-state index is 14.7. The van der Waals surface area contributed by atoms with Crippen LogP contribution in [-0.4, -0.2) is 87.2 Å². The van der Waals surface area contributed by atoms with E-state index in [1.54, 1.807) is 18.8 Å². The number of piperidine rings is 1. The van der Waals surface area contributed by atoms with Gasteiger partial charge in [0.2, 0.25) is 0 Å². The van der Waals surface area contributed by atoms with E-state index in [-0.39, 0.29) is 11.9 Å². The Balaban J connectivity index is 0.912. The summed E-state index contributed by atoms with van der Waals surface area (Å²) in [7, 11) is 3.36. The molecule has 7 heterocycles. The lowest BCUT2D eigenvalue weighted by atomic mass is 10.0. The highest BCUT2D eigenvalue weighted by atomic mass is 16.5. The van der Waals surface area contributed by atoms with Gasteiger partial charge < -0.3 is 34.6 Å². The molecule has 0 aliphatic carbocycles. The number of aromatic nitrogens is 4. The SMILES string of the molecule is COC1=CC(c2[nH]c3ccccc3c2CN2CCC(NC(C)C)CC2)=N/C1=C\c1[nH]c(C)cc1CN(c1ccc(C(=O)n2c(C3=N/C(=C\c4[nH]c(C)cc4C)C(OC)=C3)cc3ccccc32)cc1)C(C)C. The van der Waals surface area contributed by atoms with Gasteiger partial charge in [-0.3, -0.25) is 14.3 Å². The third-order valence-electron chi connectivity index (χ3n) is 14.0. The molecule has 3 aliphatic heterocycles. The van der Waals surface area contributed by atoms with Crippen LogP contribution in [0.5, 0.6) is 0 Å². The van der Waals surface area contributed by atoms with Crippen molar-refractivity contribution in [2.45, 2.75) is 92.5 Å². The van der Waals surface area contributed by atoms with E-state index in [2.05, 4.69) is 132 Å². The number of anilines is 1. The first-order chi connectivity index (χ1) is 34.3. The van der Waals surface area contributed by atoms with Crippen LogP contribution in [0.15, 0.2) is 136 Å². The molecular formula is C59H65N9O3. The number of benzene rings is 3. The van der Waals surface area contributed by atoms with Crippen LogP contribution in [-0.2, 0) is 22.6 Å². The van der Waals surface area contributed by atoms with Crippen molar-refractivity contribution in [1.29, 1.82) is 0 Å². The summed E-state index contributed by atoms with van der Waals surface area (Å²) in [5.41, 5.74) is 15.8. The highest BCUT2D eigenvalue weighted by molar-refractivity contribution is 6.17. The third kappa shape index (κ3) is 9.61. The van der Waals surface area contributed by atoms with Crippen LogP contribution < -0.4 is 10.2 Å². The lowest BCUT2D eigenvalue weighted by molar-refractivity contribution is 0.0964. The number of carbonyl (C=O) groups is 1. The van der Waals surface area contributed by atoms with Gasteiger partial charge in [0, 0.05) is 99.2 Å². The predicted molar refractivity (Wildman–Crippen MR) is 289 cm³/mol. The fourth-order valence-corrected chi connectivity index (χ4v) is 10.5. The summed E-state index contributed by atoms with van der Waals surface area (Å²) in [5.74, 6) is 1.22. The van der Waals surface area contributed by atoms with Gasteiger partial charge in [0.15, 0.2) is 0 Å². The Morgan fingerprint density at radius 3 is 2.13 bits per heavy atom. The first-order valence-corrected chi connectivity index (χ1v) is 24.9. The van der Waals surface area contributed by atoms with Crippen LogP contribution >= 0.6 is 0 Å². The summed E-state index contributed by atoms with van der Waals surface area (Å²) >= 11 is 0. The number of aromatic amines is 3. The predicted octanol–water partition coefficient (Wildman–Crippen LogP) is 11.5. The van der Waals surface area contributed by atoms with Gasteiger partial charge in [0.05, 0.1) is 42.5 Å². The number of ether oxygens (including phenoxy) is 2. The van der Waals surface area contributed by atoms with E-state index in [0.717, 1.165) is 111 Å². The van der Waals surface area contributed by atoms with E-state index < -0.39 is 0 Å². The fraction of sp³-hybridized carbons (Fsp3) is 0.305. The number of likely N-dealkylation sites (tertiary alicyclic amines) is 1. The highest BCUT2D eigenvalue weighted by Crippen LogP contribution is 2.34. The van der Waals surface area contributed by atoms with Crippen molar-refractivity contribution < 1.29 is 14.3 Å². The fourth-order valence-electron chi connectivity index (χ4n) is 10.5. The maximum absolute atomic E-state index is 14.7. The number of nitrogens with zero attached hydrogens (tertiary/aromatic N) is 5. The van der Waals surface area contributed by atoms with Crippen molar-refractivity contribution in [2.75, 3.05) is 32.2 Å².